The van der Waals surface area contributed by atoms with Crippen molar-refractivity contribution in [3.05, 3.63) is 253 Å². The van der Waals surface area contributed by atoms with Crippen LogP contribution in [-0.2, 0) is 27.7 Å². The van der Waals surface area contributed by atoms with Gasteiger partial charge in [0.25, 0.3) is 0 Å². The molecule has 0 saturated carbocycles. The van der Waals surface area contributed by atoms with Crippen LogP contribution in [0.1, 0.15) is 35.1 Å². The third kappa shape index (κ3) is 19.1. The van der Waals surface area contributed by atoms with E-state index in [2.05, 4.69) is 262 Å². The highest BCUT2D eigenvalue weighted by Gasteiger charge is 2.17. The molecule has 0 aliphatic carbocycles. The predicted octanol–water partition coefficient (Wildman–Crippen LogP) is 12.3. The van der Waals surface area contributed by atoms with Crippen LogP contribution in [-0.4, -0.2) is 37.3 Å². The Hall–Kier alpha value is -3.84. The smallest absolute Gasteiger partial charge is 0.108 e. The monoisotopic (exact) mass is 1030 g/mol. The molecule has 1 fully saturated rings. The number of alkyl halides is 2. The minimum atomic E-state index is -0.442. The van der Waals surface area contributed by atoms with Crippen LogP contribution in [0.25, 0.3) is 0 Å². The molecule has 0 N–H and O–H groups in total. The molecule has 9 rings (SSSR count). The summed E-state index contributed by atoms with van der Waals surface area (Å²) >= 11 is 6.81. The molecule has 1 unspecified atom stereocenters. The van der Waals surface area contributed by atoms with Crippen molar-refractivity contribution in [2.45, 2.75) is 41.8 Å². The summed E-state index contributed by atoms with van der Waals surface area (Å²) in [7, 11) is 5.20. The zero-order valence-corrected chi connectivity index (χ0v) is 42.7. The van der Waals surface area contributed by atoms with Crippen molar-refractivity contribution in [3.63, 3.8) is 0 Å². The van der Waals surface area contributed by atoms with E-state index < -0.39 is 15.8 Å². The van der Waals surface area contributed by atoms with E-state index in [0.29, 0.717) is 0 Å². The van der Waals surface area contributed by atoms with Crippen LogP contribution in [0.3, 0.4) is 0 Å². The van der Waals surface area contributed by atoms with E-state index in [1.54, 1.807) is 0 Å². The molecular weight excluding hydrogens is 974 g/mol. The van der Waals surface area contributed by atoms with Crippen molar-refractivity contribution < 1.29 is 4.74 Å². The molecule has 1 nitrogen and oxygen atoms in total. The highest BCUT2D eigenvalue weighted by molar-refractivity contribution is 9.08. The SMILES string of the molecule is BrCc1cccc(CBr)c1.[B].[B].[B]C1CCCO1.c1ccc(P(Cc2cccc(CP(c3ccccc3)c3ccccc3)c2)c2ccccc2)cc1.c1ccc(Pc2ccccc2)cc1. The maximum atomic E-state index is 5.31. The largest absolute Gasteiger partial charge is 0.388 e. The van der Waals surface area contributed by atoms with Crippen LogP contribution >= 0.6 is 56.3 Å². The summed E-state index contributed by atoms with van der Waals surface area (Å²) in [6.45, 7) is 0.862. The lowest BCUT2D eigenvalue weighted by Crippen LogP contribution is -2.14. The topological polar surface area (TPSA) is 9.23 Å². The van der Waals surface area contributed by atoms with Gasteiger partial charge < -0.3 is 4.74 Å². The lowest BCUT2D eigenvalue weighted by atomic mass is 9.98. The summed E-state index contributed by atoms with van der Waals surface area (Å²) < 4.78 is 4.93. The Balaban J connectivity index is 0.000000242. The summed E-state index contributed by atoms with van der Waals surface area (Å²) in [5, 5.41) is 10.4. The van der Waals surface area contributed by atoms with Gasteiger partial charge >= 0.3 is 0 Å². The fourth-order valence-electron chi connectivity index (χ4n) is 6.89. The number of halogens is 2. The molecule has 1 heterocycles. The normalized spacial score (nSPS) is 12.5. The van der Waals surface area contributed by atoms with Crippen molar-refractivity contribution >= 4 is 113 Å². The minimum absolute atomic E-state index is 0. The van der Waals surface area contributed by atoms with Crippen molar-refractivity contribution in [2.24, 2.45) is 0 Å². The van der Waals surface area contributed by atoms with Gasteiger partial charge in [0, 0.05) is 52.4 Å². The standard InChI is InChI=1S/C32H28P2.C12H11P.C8H8Br2.C4H7BO.2B/c1-5-16-29(17-6-1)33(30-18-7-2-8-19-30)25-27-14-13-15-28(24-27)26-34(31-20-9-3-10-21-31)32-22-11-4-12-23-32;1-3-7-11(8-4-1)13-12-9-5-2-6-10-12;9-5-7-2-1-3-8(4-7)6-10;5-4-2-1-3-6-4;;/h1-24H,25-26H2;1-10,13H;1-4H,5-6H2;4H,1-3H2;;. The van der Waals surface area contributed by atoms with Gasteiger partial charge in [-0.1, -0.05) is 271 Å². The summed E-state index contributed by atoms with van der Waals surface area (Å²) in [5.41, 5.74) is 5.51. The van der Waals surface area contributed by atoms with Gasteiger partial charge in [-0.3, -0.25) is 0 Å². The van der Waals surface area contributed by atoms with E-state index in [1.807, 2.05) is 0 Å². The van der Waals surface area contributed by atoms with Gasteiger partial charge in [0.2, 0.25) is 0 Å². The van der Waals surface area contributed by atoms with Crippen LogP contribution in [0.15, 0.2) is 231 Å². The molecule has 65 heavy (non-hydrogen) atoms. The average molecular weight is 1030 g/mol. The van der Waals surface area contributed by atoms with E-state index in [9.17, 15) is 0 Å². The number of hydrogen-bond donors (Lipinski definition) is 0. The van der Waals surface area contributed by atoms with Gasteiger partial charge in [0.05, 0.1) is 0 Å². The second kappa shape index (κ2) is 31.2. The first-order valence-corrected chi connectivity index (χ1v) is 27.6. The summed E-state index contributed by atoms with van der Waals surface area (Å²) in [6, 6.07) is 83.0. The Morgan fingerprint density at radius 2 is 0.738 bits per heavy atom. The second-order valence-corrected chi connectivity index (χ2v) is 21.8. The third-order valence-electron chi connectivity index (χ3n) is 10.0. The van der Waals surface area contributed by atoms with Crippen molar-refractivity contribution in [1.82, 2.24) is 0 Å². The van der Waals surface area contributed by atoms with E-state index in [0.717, 1.165) is 51.0 Å². The lowest BCUT2D eigenvalue weighted by Gasteiger charge is -2.21. The van der Waals surface area contributed by atoms with Gasteiger partial charge in [0.15, 0.2) is 0 Å². The van der Waals surface area contributed by atoms with E-state index in [-0.39, 0.29) is 22.8 Å². The molecule has 9 heteroatoms. The zero-order valence-electron chi connectivity index (χ0n) is 36.8. The Kier molecular flexibility index (Phi) is 25.8. The summed E-state index contributed by atoms with van der Waals surface area (Å²) in [6.07, 6.45) is 4.30. The maximum Gasteiger partial charge on any atom is 0.108 e. The Morgan fingerprint density at radius 3 is 1.02 bits per heavy atom. The Bertz CT molecular complexity index is 2200. The number of benzene rings is 8. The van der Waals surface area contributed by atoms with Gasteiger partial charge in [-0.25, -0.2) is 0 Å². The van der Waals surface area contributed by atoms with Crippen LogP contribution in [0, 0.1) is 0 Å². The van der Waals surface area contributed by atoms with Crippen molar-refractivity contribution in [3.8, 4) is 0 Å². The van der Waals surface area contributed by atoms with Crippen LogP contribution in [0.2, 0.25) is 0 Å². The molecule has 8 aromatic carbocycles. The number of ether oxygens (including phenoxy) is 1. The molecule has 1 atom stereocenters. The van der Waals surface area contributed by atoms with Gasteiger partial charge in [-0.2, -0.15) is 0 Å². The first kappa shape index (κ1) is 53.8. The van der Waals surface area contributed by atoms with E-state index in [4.69, 9.17) is 12.6 Å². The van der Waals surface area contributed by atoms with E-state index >= 15 is 0 Å². The van der Waals surface area contributed by atoms with Gasteiger partial charge in [0.1, 0.15) is 7.85 Å². The predicted molar refractivity (Wildman–Crippen MR) is 300 cm³/mol. The molecule has 0 aromatic heterocycles. The average Bonchev–Trinajstić information content (AvgIpc) is 3.85. The van der Waals surface area contributed by atoms with Gasteiger partial charge in [-0.15, -0.1) is 0 Å². The molecule has 322 valence electrons. The van der Waals surface area contributed by atoms with Crippen LogP contribution in [0.4, 0.5) is 0 Å². The molecule has 1 aliphatic rings. The highest BCUT2D eigenvalue weighted by Crippen LogP contribution is 2.40. The lowest BCUT2D eigenvalue weighted by molar-refractivity contribution is 0.168. The molecule has 0 amide bonds. The van der Waals surface area contributed by atoms with Crippen LogP contribution in [0.5, 0.6) is 0 Å². The molecule has 0 spiro atoms. The molecule has 0 bridgehead atoms. The quantitative estimate of drug-likeness (QED) is 0.0673. The first-order chi connectivity index (χ1) is 31.1. The molecular formula is C56H54B3Br2OP3. The number of hydrogen-bond acceptors (Lipinski definition) is 1. The zero-order chi connectivity index (χ0) is 43.7. The fourth-order valence-corrected chi connectivity index (χ4v) is 13.2. The first-order valence-electron chi connectivity index (χ1n) is 21.3. The van der Waals surface area contributed by atoms with E-state index in [1.165, 1.54) is 54.1 Å². The molecule has 1 aliphatic heterocycles. The van der Waals surface area contributed by atoms with Crippen LogP contribution < -0.4 is 31.8 Å². The third-order valence-corrected chi connectivity index (χ3v) is 17.6. The van der Waals surface area contributed by atoms with Gasteiger partial charge in [-0.05, 0) is 82.8 Å². The molecule has 1 saturated heterocycles. The molecule has 8 radical (unpaired) electrons. The Labute approximate surface area is 415 Å². The Morgan fingerprint density at radius 1 is 0.431 bits per heavy atom. The summed E-state index contributed by atoms with van der Waals surface area (Å²) in [4.78, 5) is 0. The number of rotatable bonds is 12. The van der Waals surface area contributed by atoms with Crippen molar-refractivity contribution in [2.75, 3.05) is 6.61 Å². The second-order valence-electron chi connectivity index (χ2n) is 14.8. The maximum absolute atomic E-state index is 5.31. The molecule has 8 aromatic rings. The fraction of sp³-hybridized carbons (Fsp3) is 0.143. The van der Waals surface area contributed by atoms with Crippen molar-refractivity contribution in [1.29, 1.82) is 0 Å². The minimum Gasteiger partial charge on any atom is -0.388 e. The highest BCUT2D eigenvalue weighted by atomic mass is 79.9. The summed E-state index contributed by atoms with van der Waals surface area (Å²) in [5.74, 6) is 0.